The molecule has 1 nitrogen and oxygen atoms in total. The summed E-state index contributed by atoms with van der Waals surface area (Å²) in [6, 6.07) is 27.5. The van der Waals surface area contributed by atoms with E-state index in [0.29, 0.717) is 5.02 Å². The van der Waals surface area contributed by atoms with E-state index in [1.807, 2.05) is 72.8 Å². The lowest BCUT2D eigenvalue weighted by Gasteiger charge is -2.16. The minimum atomic E-state index is -0.121. The first-order chi connectivity index (χ1) is 12.2. The van der Waals surface area contributed by atoms with Gasteiger partial charge < -0.3 is 0 Å². The van der Waals surface area contributed by atoms with Gasteiger partial charge in [-0.15, -0.1) is 11.8 Å². The van der Waals surface area contributed by atoms with Gasteiger partial charge in [-0.05, 0) is 42.7 Å². The number of thioether (sulfide) groups is 1. The summed E-state index contributed by atoms with van der Waals surface area (Å²) >= 11 is 7.58. The Labute approximate surface area is 158 Å². The molecule has 0 radical (unpaired) electrons. The van der Waals surface area contributed by atoms with Gasteiger partial charge in [0, 0.05) is 15.5 Å². The molecule has 0 aromatic heterocycles. The molecule has 3 aromatic rings. The molecule has 1 unspecified atom stereocenters. The van der Waals surface area contributed by atoms with Crippen LogP contribution in [0.1, 0.15) is 22.3 Å². The van der Waals surface area contributed by atoms with Gasteiger partial charge in [0.15, 0.2) is 5.78 Å². The van der Waals surface area contributed by atoms with Gasteiger partial charge in [-0.1, -0.05) is 72.3 Å². The summed E-state index contributed by atoms with van der Waals surface area (Å²) < 4.78 is 0. The lowest BCUT2D eigenvalue weighted by molar-refractivity contribution is 0.0986. The van der Waals surface area contributed by atoms with E-state index < -0.39 is 0 Å². The lowest BCUT2D eigenvalue weighted by Crippen LogP contribution is -2.18. The maximum atomic E-state index is 13.0. The second-order valence-electron chi connectivity index (χ2n) is 5.81. The number of benzene rings is 3. The fourth-order valence-corrected chi connectivity index (χ4v) is 3.88. The molecule has 126 valence electrons. The van der Waals surface area contributed by atoms with Crippen molar-refractivity contribution < 1.29 is 4.79 Å². The maximum Gasteiger partial charge on any atom is 0.176 e. The normalized spacial score (nSPS) is 11.9. The van der Waals surface area contributed by atoms with Crippen molar-refractivity contribution in [1.82, 2.24) is 0 Å². The first-order valence-electron chi connectivity index (χ1n) is 8.28. The molecule has 0 N–H and O–H groups in total. The number of aryl methyl sites for hydroxylation is 1. The summed E-state index contributed by atoms with van der Waals surface area (Å²) in [7, 11) is 0. The average Bonchev–Trinajstić information content (AvgIpc) is 2.67. The van der Waals surface area contributed by atoms with Gasteiger partial charge >= 0.3 is 0 Å². The van der Waals surface area contributed by atoms with Crippen LogP contribution in [0.4, 0.5) is 0 Å². The fraction of sp³-hybridized carbons (Fsp3) is 0.136. The van der Waals surface area contributed by atoms with Gasteiger partial charge in [-0.3, -0.25) is 4.79 Å². The standard InChI is InChI=1S/C22H19ClOS/c23-19-12-14-20(15-13-19)25-21(16-11-17-7-3-1-4-8-17)22(24)18-9-5-2-6-10-18/h1-10,12-15,21H,11,16H2. The molecular weight excluding hydrogens is 348 g/mol. The van der Waals surface area contributed by atoms with Crippen LogP contribution in [0, 0.1) is 0 Å². The van der Waals surface area contributed by atoms with Crippen LogP contribution >= 0.6 is 23.4 Å². The zero-order chi connectivity index (χ0) is 17.5. The van der Waals surface area contributed by atoms with Crippen molar-refractivity contribution in [2.24, 2.45) is 0 Å². The Morgan fingerprint density at radius 1 is 0.840 bits per heavy atom. The summed E-state index contributed by atoms with van der Waals surface area (Å²) in [6.07, 6.45) is 1.68. The predicted molar refractivity (Wildman–Crippen MR) is 107 cm³/mol. The molecule has 3 aromatic carbocycles. The zero-order valence-electron chi connectivity index (χ0n) is 13.8. The first kappa shape index (κ1) is 17.8. The minimum absolute atomic E-state index is 0.121. The van der Waals surface area contributed by atoms with Gasteiger partial charge in [-0.2, -0.15) is 0 Å². The highest BCUT2D eigenvalue weighted by Crippen LogP contribution is 2.30. The number of halogens is 1. The van der Waals surface area contributed by atoms with E-state index >= 15 is 0 Å². The Kier molecular flexibility index (Phi) is 6.32. The predicted octanol–water partition coefficient (Wildman–Crippen LogP) is 6.32. The van der Waals surface area contributed by atoms with Gasteiger partial charge in [-0.25, -0.2) is 0 Å². The SMILES string of the molecule is O=C(c1ccccc1)C(CCc1ccccc1)Sc1ccc(Cl)cc1. The number of hydrogen-bond acceptors (Lipinski definition) is 2. The van der Waals surface area contributed by atoms with E-state index in [1.165, 1.54) is 5.56 Å². The molecule has 0 spiro atoms. The largest absolute Gasteiger partial charge is 0.293 e. The van der Waals surface area contributed by atoms with E-state index in [4.69, 9.17) is 11.6 Å². The highest BCUT2D eigenvalue weighted by atomic mass is 35.5. The van der Waals surface area contributed by atoms with Gasteiger partial charge in [0.05, 0.1) is 5.25 Å². The number of carbonyl (C=O) groups is 1. The molecule has 0 bridgehead atoms. The molecule has 3 heteroatoms. The number of rotatable bonds is 7. The number of hydrogen-bond donors (Lipinski definition) is 0. The van der Waals surface area contributed by atoms with Crippen molar-refractivity contribution in [3.8, 4) is 0 Å². The molecule has 0 aliphatic rings. The molecule has 0 saturated carbocycles. The summed E-state index contributed by atoms with van der Waals surface area (Å²) in [5.41, 5.74) is 2.02. The average molecular weight is 367 g/mol. The van der Waals surface area contributed by atoms with Crippen LogP contribution in [0.3, 0.4) is 0 Å². The zero-order valence-corrected chi connectivity index (χ0v) is 15.3. The van der Waals surface area contributed by atoms with Crippen molar-refractivity contribution in [3.63, 3.8) is 0 Å². The van der Waals surface area contributed by atoms with Crippen molar-refractivity contribution in [2.75, 3.05) is 0 Å². The van der Waals surface area contributed by atoms with E-state index in [9.17, 15) is 4.79 Å². The van der Waals surface area contributed by atoms with Crippen LogP contribution in [0.5, 0.6) is 0 Å². The van der Waals surface area contributed by atoms with Gasteiger partial charge in [0.25, 0.3) is 0 Å². The van der Waals surface area contributed by atoms with E-state index in [-0.39, 0.29) is 11.0 Å². The Morgan fingerprint density at radius 2 is 1.44 bits per heavy atom. The van der Waals surface area contributed by atoms with Crippen LogP contribution in [-0.2, 0) is 6.42 Å². The summed E-state index contributed by atoms with van der Waals surface area (Å²) in [6.45, 7) is 0. The quantitative estimate of drug-likeness (QED) is 0.359. The smallest absolute Gasteiger partial charge is 0.176 e. The maximum absolute atomic E-state index is 13.0. The van der Waals surface area contributed by atoms with Crippen LogP contribution in [-0.4, -0.2) is 11.0 Å². The van der Waals surface area contributed by atoms with Crippen molar-refractivity contribution >= 4 is 29.1 Å². The van der Waals surface area contributed by atoms with Gasteiger partial charge in [0.2, 0.25) is 0 Å². The molecule has 0 fully saturated rings. The molecule has 0 heterocycles. The molecule has 3 rings (SSSR count). The van der Waals surface area contributed by atoms with Crippen LogP contribution in [0.15, 0.2) is 89.8 Å². The summed E-state index contributed by atoms with van der Waals surface area (Å²) in [5.74, 6) is 0.177. The van der Waals surface area contributed by atoms with Gasteiger partial charge in [0.1, 0.15) is 0 Å². The summed E-state index contributed by atoms with van der Waals surface area (Å²) in [4.78, 5) is 14.1. The first-order valence-corrected chi connectivity index (χ1v) is 9.53. The fourth-order valence-electron chi connectivity index (χ4n) is 2.65. The minimum Gasteiger partial charge on any atom is -0.293 e. The number of Topliss-reactive ketones (excluding diaryl/α,β-unsaturated/α-hetero) is 1. The second-order valence-corrected chi connectivity index (χ2v) is 7.53. The highest BCUT2D eigenvalue weighted by Gasteiger charge is 2.21. The third kappa shape index (κ3) is 5.22. The second kappa shape index (κ2) is 8.89. The third-order valence-corrected chi connectivity index (χ3v) is 5.51. The number of ketones is 1. The van der Waals surface area contributed by atoms with Crippen LogP contribution in [0.2, 0.25) is 5.02 Å². The van der Waals surface area contributed by atoms with E-state index in [1.54, 1.807) is 11.8 Å². The topological polar surface area (TPSA) is 17.1 Å². The Hall–Kier alpha value is -2.03. The van der Waals surface area contributed by atoms with Crippen LogP contribution in [0.25, 0.3) is 0 Å². The van der Waals surface area contributed by atoms with Crippen molar-refractivity contribution in [3.05, 3.63) is 101 Å². The highest BCUT2D eigenvalue weighted by molar-refractivity contribution is 8.00. The monoisotopic (exact) mass is 366 g/mol. The number of carbonyl (C=O) groups excluding carboxylic acids is 1. The summed E-state index contributed by atoms with van der Waals surface area (Å²) in [5, 5.41) is 0.586. The molecule has 0 aliphatic heterocycles. The molecule has 0 saturated heterocycles. The Balaban J connectivity index is 1.77. The molecule has 0 aliphatic carbocycles. The Bertz CT molecular complexity index is 800. The molecule has 0 amide bonds. The van der Waals surface area contributed by atoms with E-state index in [0.717, 1.165) is 23.3 Å². The Morgan fingerprint density at radius 3 is 2.08 bits per heavy atom. The van der Waals surface area contributed by atoms with Crippen LogP contribution < -0.4 is 0 Å². The third-order valence-electron chi connectivity index (χ3n) is 3.98. The van der Waals surface area contributed by atoms with E-state index in [2.05, 4.69) is 12.1 Å². The molecule has 25 heavy (non-hydrogen) atoms. The van der Waals surface area contributed by atoms with Crippen molar-refractivity contribution in [2.45, 2.75) is 23.0 Å². The molecule has 1 atom stereocenters. The van der Waals surface area contributed by atoms with Crippen molar-refractivity contribution in [1.29, 1.82) is 0 Å². The molecular formula is C22H19ClOS. The lowest BCUT2D eigenvalue weighted by atomic mass is 10.0.